The second-order valence-electron chi connectivity index (χ2n) is 4.47. The summed E-state index contributed by atoms with van der Waals surface area (Å²) in [5.41, 5.74) is 1.23. The molecule has 2 aliphatic rings. The lowest BCUT2D eigenvalue weighted by Crippen LogP contribution is -2.30. The van der Waals surface area contributed by atoms with Crippen molar-refractivity contribution in [3.63, 3.8) is 0 Å². The Labute approximate surface area is 82.8 Å². The van der Waals surface area contributed by atoms with Crippen LogP contribution in [0.3, 0.4) is 0 Å². The average Bonchev–Trinajstić information content (AvgIpc) is 2.90. The van der Waals surface area contributed by atoms with Gasteiger partial charge >= 0.3 is 0 Å². The van der Waals surface area contributed by atoms with E-state index in [4.69, 9.17) is 0 Å². The molecule has 0 amide bonds. The molecule has 0 aromatic heterocycles. The first-order chi connectivity index (χ1) is 6.20. The van der Waals surface area contributed by atoms with Crippen LogP contribution in [0.4, 0.5) is 0 Å². The third kappa shape index (κ3) is 4.97. The largest absolute Gasteiger partial charge is 0.376 e. The van der Waals surface area contributed by atoms with Crippen LogP contribution in [-0.2, 0) is 0 Å². The number of hydrogen-bond donors (Lipinski definition) is 0. The van der Waals surface area contributed by atoms with Crippen molar-refractivity contribution < 1.29 is 0 Å². The highest BCUT2D eigenvalue weighted by atomic mass is 15.1. The number of allylic oxidation sites excluding steroid dienone is 1. The number of nitrogens with zero attached hydrogens (tertiary/aromatic N) is 1. The number of piperidine rings is 1. The summed E-state index contributed by atoms with van der Waals surface area (Å²) >= 11 is 0. The minimum atomic E-state index is 0.926. The first kappa shape index (κ1) is 10.6. The molecule has 1 heteroatoms. The van der Waals surface area contributed by atoms with Crippen molar-refractivity contribution in [3.05, 3.63) is 12.3 Å². The van der Waals surface area contributed by atoms with Crippen LogP contribution in [0, 0.1) is 5.92 Å². The van der Waals surface area contributed by atoms with Crippen molar-refractivity contribution in [2.24, 2.45) is 5.92 Å². The topological polar surface area (TPSA) is 3.24 Å². The van der Waals surface area contributed by atoms with E-state index >= 15 is 0 Å². The van der Waals surface area contributed by atoms with Gasteiger partial charge in [0.05, 0.1) is 0 Å². The maximum Gasteiger partial charge on any atom is 0.0177 e. The Morgan fingerprint density at radius 1 is 1.15 bits per heavy atom. The molecule has 1 saturated heterocycles. The molecule has 2 fully saturated rings. The van der Waals surface area contributed by atoms with E-state index in [0.717, 1.165) is 5.92 Å². The van der Waals surface area contributed by atoms with Gasteiger partial charge in [-0.25, -0.2) is 0 Å². The molecule has 2 rings (SSSR count). The molecule has 0 N–H and O–H groups in total. The Balaban J connectivity index is 0.000000236. The van der Waals surface area contributed by atoms with Gasteiger partial charge in [-0.15, -0.1) is 0 Å². The fraction of sp³-hybridized carbons (Fsp3) is 0.833. The Morgan fingerprint density at radius 3 is 1.92 bits per heavy atom. The van der Waals surface area contributed by atoms with E-state index in [9.17, 15) is 0 Å². The number of hydrogen-bond acceptors (Lipinski definition) is 1. The second-order valence-corrected chi connectivity index (χ2v) is 4.47. The molecule has 1 heterocycles. The average molecular weight is 181 g/mol. The molecule has 76 valence electrons. The van der Waals surface area contributed by atoms with Crippen LogP contribution in [0.1, 0.15) is 46.0 Å². The predicted molar refractivity (Wildman–Crippen MR) is 58.6 cm³/mol. The third-order valence-corrected chi connectivity index (χ3v) is 2.68. The molecule has 0 aromatic carbocycles. The van der Waals surface area contributed by atoms with Crippen LogP contribution >= 0.6 is 0 Å². The lowest BCUT2D eigenvalue weighted by Gasteiger charge is -2.32. The minimum Gasteiger partial charge on any atom is -0.376 e. The summed E-state index contributed by atoms with van der Waals surface area (Å²) in [6.45, 7) is 10.8. The van der Waals surface area contributed by atoms with Crippen LogP contribution < -0.4 is 0 Å². The summed E-state index contributed by atoms with van der Waals surface area (Å²) in [6.07, 6.45) is 7.18. The van der Waals surface area contributed by atoms with Crippen molar-refractivity contribution >= 4 is 0 Å². The van der Waals surface area contributed by atoms with E-state index in [1.165, 1.54) is 50.9 Å². The van der Waals surface area contributed by atoms with Gasteiger partial charge in [-0.2, -0.15) is 0 Å². The normalized spacial score (nSPS) is 21.8. The Bertz CT molecular complexity index is 150. The van der Waals surface area contributed by atoms with Crippen molar-refractivity contribution in [2.45, 2.75) is 46.0 Å². The summed E-state index contributed by atoms with van der Waals surface area (Å²) < 4.78 is 0. The molecule has 1 nitrogen and oxygen atoms in total. The highest BCUT2D eigenvalue weighted by Crippen LogP contribution is 2.18. The third-order valence-electron chi connectivity index (χ3n) is 2.68. The van der Waals surface area contributed by atoms with Crippen molar-refractivity contribution in [2.75, 3.05) is 13.1 Å². The van der Waals surface area contributed by atoms with Gasteiger partial charge in [-0.1, -0.05) is 32.8 Å². The quantitative estimate of drug-likeness (QED) is 0.599. The lowest BCUT2D eigenvalue weighted by molar-refractivity contribution is 0.238. The van der Waals surface area contributed by atoms with E-state index in [0.29, 0.717) is 0 Å². The molecule has 13 heavy (non-hydrogen) atoms. The van der Waals surface area contributed by atoms with Gasteiger partial charge in [0, 0.05) is 18.8 Å². The number of likely N-dealkylation sites (tertiary alicyclic amines) is 1. The molecule has 1 saturated carbocycles. The first-order valence-electron chi connectivity index (χ1n) is 5.60. The zero-order valence-corrected chi connectivity index (χ0v) is 9.18. The molecule has 0 bridgehead atoms. The fourth-order valence-corrected chi connectivity index (χ4v) is 1.39. The summed E-state index contributed by atoms with van der Waals surface area (Å²) in [5, 5.41) is 0. The molecular weight excluding hydrogens is 158 g/mol. The van der Waals surface area contributed by atoms with E-state index in [-0.39, 0.29) is 0 Å². The fourth-order valence-electron chi connectivity index (χ4n) is 1.39. The molecule has 0 aromatic rings. The second kappa shape index (κ2) is 5.31. The number of rotatable bonds is 1. The molecule has 0 unspecified atom stereocenters. The van der Waals surface area contributed by atoms with Crippen molar-refractivity contribution in [1.82, 2.24) is 4.90 Å². The van der Waals surface area contributed by atoms with Gasteiger partial charge < -0.3 is 4.90 Å². The molecule has 0 spiro atoms. The minimum absolute atomic E-state index is 0.926. The zero-order chi connectivity index (χ0) is 9.68. The molecule has 0 radical (unpaired) electrons. The van der Waals surface area contributed by atoms with E-state index in [2.05, 4.69) is 25.3 Å². The van der Waals surface area contributed by atoms with Crippen LogP contribution in [0.25, 0.3) is 0 Å². The van der Waals surface area contributed by atoms with E-state index < -0.39 is 0 Å². The maximum absolute atomic E-state index is 3.93. The van der Waals surface area contributed by atoms with Crippen LogP contribution in [0.15, 0.2) is 12.3 Å². The van der Waals surface area contributed by atoms with Gasteiger partial charge in [-0.05, 0) is 25.7 Å². The molecule has 1 aliphatic carbocycles. The van der Waals surface area contributed by atoms with Gasteiger partial charge in [0.1, 0.15) is 0 Å². The van der Waals surface area contributed by atoms with Crippen LogP contribution in [0.5, 0.6) is 0 Å². The Hall–Kier alpha value is -0.460. The van der Waals surface area contributed by atoms with E-state index in [1.54, 1.807) is 0 Å². The smallest absolute Gasteiger partial charge is 0.0177 e. The highest BCUT2D eigenvalue weighted by molar-refractivity contribution is 4.90. The maximum atomic E-state index is 3.93. The molecule has 1 aliphatic heterocycles. The van der Waals surface area contributed by atoms with Gasteiger partial charge in [-0.3, -0.25) is 0 Å². The highest BCUT2D eigenvalue weighted by Gasteiger charge is 2.13. The lowest BCUT2D eigenvalue weighted by atomic mass is 9.99. The van der Waals surface area contributed by atoms with Gasteiger partial charge in [0.25, 0.3) is 0 Å². The van der Waals surface area contributed by atoms with E-state index in [1.807, 2.05) is 0 Å². The predicted octanol–water partition coefficient (Wildman–Crippen LogP) is 3.42. The van der Waals surface area contributed by atoms with Crippen molar-refractivity contribution in [1.29, 1.82) is 0 Å². The Morgan fingerprint density at radius 2 is 1.62 bits per heavy atom. The standard InChI is InChI=1S/C9H17N.C3H6/c1-8(2)10-6-4-9(3)5-7-10;1-2-3-1/h9H,1,4-7H2,2-3H3;1-3H2. The SMILES string of the molecule is C1CC1.C=C(C)N1CCC(C)CC1. The van der Waals surface area contributed by atoms with Gasteiger partial charge in [0.15, 0.2) is 0 Å². The molecular formula is C12H23N. The first-order valence-corrected chi connectivity index (χ1v) is 5.60. The summed E-state index contributed by atoms with van der Waals surface area (Å²) in [5.74, 6) is 0.926. The zero-order valence-electron chi connectivity index (χ0n) is 9.18. The Kier molecular flexibility index (Phi) is 4.34. The monoisotopic (exact) mass is 181 g/mol. The van der Waals surface area contributed by atoms with Crippen molar-refractivity contribution in [3.8, 4) is 0 Å². The van der Waals surface area contributed by atoms with Crippen LogP contribution in [-0.4, -0.2) is 18.0 Å². The summed E-state index contributed by atoms with van der Waals surface area (Å²) in [7, 11) is 0. The van der Waals surface area contributed by atoms with Gasteiger partial charge in [0.2, 0.25) is 0 Å². The summed E-state index contributed by atoms with van der Waals surface area (Å²) in [6, 6.07) is 0. The molecule has 0 atom stereocenters. The van der Waals surface area contributed by atoms with Crippen LogP contribution in [0.2, 0.25) is 0 Å². The summed E-state index contributed by atoms with van der Waals surface area (Å²) in [4.78, 5) is 2.38.